The van der Waals surface area contributed by atoms with E-state index in [9.17, 15) is 16.8 Å². The first-order chi connectivity index (χ1) is 9.15. The quantitative estimate of drug-likeness (QED) is 0.577. The highest BCUT2D eigenvalue weighted by Crippen LogP contribution is 2.15. The lowest BCUT2D eigenvalue weighted by Gasteiger charge is -2.09. The second-order valence-corrected chi connectivity index (χ2v) is 7.91. The van der Waals surface area contributed by atoms with Crippen LogP contribution in [0, 0.1) is 6.92 Å². The van der Waals surface area contributed by atoms with E-state index in [0.29, 0.717) is 6.54 Å². The highest BCUT2D eigenvalue weighted by Gasteiger charge is 2.14. The number of aryl methyl sites for hydroxylation is 1. The van der Waals surface area contributed by atoms with Gasteiger partial charge in [-0.25, -0.2) is 26.7 Å². The van der Waals surface area contributed by atoms with E-state index in [4.69, 9.17) is 10.9 Å². The van der Waals surface area contributed by atoms with Crippen molar-refractivity contribution in [1.29, 1.82) is 0 Å². The van der Waals surface area contributed by atoms with E-state index >= 15 is 0 Å². The third kappa shape index (κ3) is 5.17. The van der Waals surface area contributed by atoms with Crippen LogP contribution in [-0.4, -0.2) is 29.1 Å². The highest BCUT2D eigenvalue weighted by atomic mass is 32.2. The molecule has 0 heterocycles. The summed E-state index contributed by atoms with van der Waals surface area (Å²) < 4.78 is 47.8. The van der Waals surface area contributed by atoms with Crippen molar-refractivity contribution < 1.29 is 16.8 Å². The van der Waals surface area contributed by atoms with E-state index in [1.54, 1.807) is 13.0 Å². The van der Waals surface area contributed by atoms with Crippen molar-refractivity contribution >= 4 is 20.0 Å². The SMILES string of the molecule is Cc1cc(S(=O)(=O)NCCCS(N)(=O)=O)ccc1CN. The van der Waals surface area contributed by atoms with E-state index in [1.165, 1.54) is 12.1 Å². The fourth-order valence-electron chi connectivity index (χ4n) is 1.63. The van der Waals surface area contributed by atoms with Crippen LogP contribution in [0.3, 0.4) is 0 Å². The van der Waals surface area contributed by atoms with Gasteiger partial charge in [-0.1, -0.05) is 6.07 Å². The maximum atomic E-state index is 12.0. The molecule has 20 heavy (non-hydrogen) atoms. The molecule has 0 radical (unpaired) electrons. The molecule has 9 heteroatoms. The second kappa shape index (κ2) is 6.64. The van der Waals surface area contributed by atoms with E-state index < -0.39 is 20.0 Å². The molecule has 0 saturated carbocycles. The van der Waals surface area contributed by atoms with E-state index in [0.717, 1.165) is 11.1 Å². The predicted molar refractivity (Wildman–Crippen MR) is 76.9 cm³/mol. The molecule has 7 nitrogen and oxygen atoms in total. The standard InChI is InChI=1S/C11H19N3O4S2/c1-9-7-11(4-3-10(9)8-12)20(17,18)14-5-2-6-19(13,15)16/h3-4,7,14H,2,5-6,8,12H2,1H3,(H2,13,15,16). The Morgan fingerprint density at radius 2 is 1.85 bits per heavy atom. The number of benzene rings is 1. The third-order valence-corrected chi connectivity index (χ3v) is 5.06. The fraction of sp³-hybridized carbons (Fsp3) is 0.455. The molecule has 0 spiro atoms. The van der Waals surface area contributed by atoms with E-state index in [1.807, 2.05) is 0 Å². The van der Waals surface area contributed by atoms with Gasteiger partial charge in [0.25, 0.3) is 0 Å². The number of hydrogen-bond acceptors (Lipinski definition) is 5. The molecule has 0 unspecified atom stereocenters. The zero-order chi connectivity index (χ0) is 15.4. The van der Waals surface area contributed by atoms with Crippen LogP contribution in [0.1, 0.15) is 17.5 Å². The lowest BCUT2D eigenvalue weighted by atomic mass is 10.1. The summed E-state index contributed by atoms with van der Waals surface area (Å²) >= 11 is 0. The number of hydrogen-bond donors (Lipinski definition) is 3. The van der Waals surface area contributed by atoms with Gasteiger partial charge in [0.15, 0.2) is 0 Å². The minimum atomic E-state index is -3.65. The largest absolute Gasteiger partial charge is 0.326 e. The van der Waals surface area contributed by atoms with Gasteiger partial charge in [0.05, 0.1) is 10.6 Å². The summed E-state index contributed by atoms with van der Waals surface area (Å²) in [5.41, 5.74) is 7.18. The molecule has 5 N–H and O–H groups in total. The van der Waals surface area contributed by atoms with Gasteiger partial charge < -0.3 is 5.73 Å². The average molecular weight is 321 g/mol. The smallest absolute Gasteiger partial charge is 0.240 e. The first-order valence-electron chi connectivity index (χ1n) is 5.95. The maximum Gasteiger partial charge on any atom is 0.240 e. The van der Waals surface area contributed by atoms with Gasteiger partial charge in [-0.15, -0.1) is 0 Å². The molecule has 114 valence electrons. The Morgan fingerprint density at radius 1 is 1.20 bits per heavy atom. The topological polar surface area (TPSA) is 132 Å². The Hall–Kier alpha value is -1.00. The summed E-state index contributed by atoms with van der Waals surface area (Å²) in [6, 6.07) is 4.66. The Morgan fingerprint density at radius 3 is 2.35 bits per heavy atom. The van der Waals surface area contributed by atoms with Crippen LogP contribution in [0.2, 0.25) is 0 Å². The Kier molecular flexibility index (Phi) is 5.66. The Labute approximate surface area is 119 Å². The maximum absolute atomic E-state index is 12.0. The van der Waals surface area contributed by atoms with Gasteiger partial charge >= 0.3 is 0 Å². The molecule has 0 fully saturated rings. The number of primary sulfonamides is 1. The zero-order valence-electron chi connectivity index (χ0n) is 11.2. The van der Waals surface area contributed by atoms with E-state index in [-0.39, 0.29) is 23.6 Å². The molecule has 1 aromatic carbocycles. The third-order valence-electron chi connectivity index (χ3n) is 2.74. The number of rotatable bonds is 7. The molecule has 0 amide bonds. The van der Waals surface area contributed by atoms with Crippen LogP contribution < -0.4 is 15.6 Å². The number of sulfonamides is 2. The summed E-state index contributed by atoms with van der Waals surface area (Å²) in [7, 11) is -7.22. The molecule has 1 aromatic rings. The monoisotopic (exact) mass is 321 g/mol. The molecule has 0 bridgehead atoms. The molecule has 0 aliphatic heterocycles. The molecule has 1 rings (SSSR count). The summed E-state index contributed by atoms with van der Waals surface area (Å²) in [5, 5.41) is 4.83. The molecule has 0 aliphatic carbocycles. The van der Waals surface area contributed by atoms with Crippen molar-refractivity contribution in [1.82, 2.24) is 4.72 Å². The lowest BCUT2D eigenvalue weighted by molar-refractivity contribution is 0.576. The average Bonchev–Trinajstić information content (AvgIpc) is 2.33. The van der Waals surface area contributed by atoms with Crippen molar-refractivity contribution in [2.75, 3.05) is 12.3 Å². The Balaban J connectivity index is 2.72. The minimum absolute atomic E-state index is 0.0104. The van der Waals surface area contributed by atoms with Gasteiger partial charge in [-0.2, -0.15) is 0 Å². The van der Waals surface area contributed by atoms with Gasteiger partial charge in [0, 0.05) is 13.1 Å². The van der Waals surface area contributed by atoms with Crippen LogP contribution in [0.5, 0.6) is 0 Å². The molecule has 0 aliphatic rings. The van der Waals surface area contributed by atoms with Gasteiger partial charge in [-0.3, -0.25) is 0 Å². The lowest BCUT2D eigenvalue weighted by Crippen LogP contribution is -2.27. The van der Waals surface area contributed by atoms with Crippen LogP contribution in [0.4, 0.5) is 0 Å². The van der Waals surface area contributed by atoms with Gasteiger partial charge in [-0.05, 0) is 36.6 Å². The first kappa shape index (κ1) is 17.1. The van der Waals surface area contributed by atoms with Crippen molar-refractivity contribution in [3.63, 3.8) is 0 Å². The van der Waals surface area contributed by atoms with Crippen molar-refractivity contribution in [3.05, 3.63) is 29.3 Å². The molecular weight excluding hydrogens is 302 g/mol. The van der Waals surface area contributed by atoms with Gasteiger partial charge in [0.1, 0.15) is 0 Å². The normalized spacial score (nSPS) is 12.6. The fourth-order valence-corrected chi connectivity index (χ4v) is 3.33. The van der Waals surface area contributed by atoms with Crippen LogP contribution in [-0.2, 0) is 26.6 Å². The summed E-state index contributed by atoms with van der Waals surface area (Å²) in [4.78, 5) is 0.128. The summed E-state index contributed by atoms with van der Waals surface area (Å²) in [5.74, 6) is -0.263. The molecule has 0 aromatic heterocycles. The van der Waals surface area contributed by atoms with Crippen LogP contribution >= 0.6 is 0 Å². The first-order valence-corrected chi connectivity index (χ1v) is 9.15. The Bertz CT molecular complexity index is 669. The van der Waals surface area contributed by atoms with E-state index in [2.05, 4.69) is 4.72 Å². The summed E-state index contributed by atoms with van der Waals surface area (Å²) in [6.07, 6.45) is 0.123. The number of nitrogens with one attached hydrogen (secondary N) is 1. The van der Waals surface area contributed by atoms with Crippen LogP contribution in [0.15, 0.2) is 23.1 Å². The predicted octanol–water partition coefficient (Wildman–Crippen LogP) is -0.589. The van der Waals surface area contributed by atoms with Gasteiger partial charge in [0.2, 0.25) is 20.0 Å². The second-order valence-electron chi connectivity index (χ2n) is 4.41. The molecular formula is C11H19N3O4S2. The minimum Gasteiger partial charge on any atom is -0.326 e. The van der Waals surface area contributed by atoms with Crippen molar-refractivity contribution in [2.45, 2.75) is 24.8 Å². The molecule has 0 atom stereocenters. The molecule has 0 saturated heterocycles. The van der Waals surface area contributed by atoms with Crippen molar-refractivity contribution in [3.8, 4) is 0 Å². The van der Waals surface area contributed by atoms with Crippen LogP contribution in [0.25, 0.3) is 0 Å². The zero-order valence-corrected chi connectivity index (χ0v) is 12.8. The number of nitrogens with two attached hydrogens (primary N) is 2. The van der Waals surface area contributed by atoms with Crippen molar-refractivity contribution in [2.24, 2.45) is 10.9 Å². The highest BCUT2D eigenvalue weighted by molar-refractivity contribution is 7.89. The summed E-state index contributed by atoms with van der Waals surface area (Å²) in [6.45, 7) is 2.13.